The lowest BCUT2D eigenvalue weighted by molar-refractivity contribution is 0.382. The number of aliphatic hydroxyl groups excluding tert-OH is 1. The lowest BCUT2D eigenvalue weighted by Crippen LogP contribution is -1.81. The van der Waals surface area contributed by atoms with Gasteiger partial charge in [0.05, 0.1) is 5.76 Å². The number of hydrogen-bond acceptors (Lipinski definition) is 2. The molecule has 54 valence electrons. The Labute approximate surface area is 62.2 Å². The third-order valence-corrected chi connectivity index (χ3v) is 1.49. The van der Waals surface area contributed by atoms with Gasteiger partial charge >= 0.3 is 0 Å². The molecular weight excluding hydrogens is 132 g/mol. The van der Waals surface area contributed by atoms with E-state index in [0.29, 0.717) is 5.76 Å². The average Bonchev–Trinajstić information content (AvgIpc) is 1.89. The summed E-state index contributed by atoms with van der Waals surface area (Å²) in [6.45, 7) is 1.84. The molecule has 0 spiro atoms. The first-order valence-corrected chi connectivity index (χ1v) is 3.89. The minimum Gasteiger partial charge on any atom is -0.513 e. The van der Waals surface area contributed by atoms with Crippen LogP contribution in [0.1, 0.15) is 26.2 Å². The van der Waals surface area contributed by atoms with Gasteiger partial charge in [0.25, 0.3) is 0 Å². The van der Waals surface area contributed by atoms with Crippen molar-refractivity contribution in [1.82, 2.24) is 0 Å². The minimum absolute atomic E-state index is 0.497. The molecule has 0 rings (SSSR count). The van der Waals surface area contributed by atoms with Gasteiger partial charge in [-0.3, -0.25) is 0 Å². The van der Waals surface area contributed by atoms with Crippen molar-refractivity contribution < 1.29 is 5.11 Å². The van der Waals surface area contributed by atoms with Crippen LogP contribution in [0.5, 0.6) is 0 Å². The highest BCUT2D eigenvalue weighted by Gasteiger charge is 1.89. The van der Waals surface area contributed by atoms with E-state index in [1.54, 1.807) is 6.08 Å². The Morgan fingerprint density at radius 3 is 2.67 bits per heavy atom. The molecule has 0 bridgehead atoms. The topological polar surface area (TPSA) is 20.2 Å². The molecule has 0 aromatic rings. The fourth-order valence-corrected chi connectivity index (χ4v) is 0.786. The summed E-state index contributed by atoms with van der Waals surface area (Å²) in [5, 5.41) is 8.92. The van der Waals surface area contributed by atoms with Crippen molar-refractivity contribution in [2.45, 2.75) is 26.2 Å². The van der Waals surface area contributed by atoms with Crippen molar-refractivity contribution in [2.24, 2.45) is 0 Å². The van der Waals surface area contributed by atoms with Crippen LogP contribution >= 0.6 is 12.6 Å². The molecule has 0 radical (unpaired) electrons. The van der Waals surface area contributed by atoms with Gasteiger partial charge in [0.15, 0.2) is 0 Å². The van der Waals surface area contributed by atoms with Crippen LogP contribution in [0, 0.1) is 0 Å². The van der Waals surface area contributed by atoms with Gasteiger partial charge in [-0.1, -0.05) is 0 Å². The van der Waals surface area contributed by atoms with Crippen molar-refractivity contribution in [3.8, 4) is 0 Å². The maximum absolute atomic E-state index is 8.92. The molecule has 0 aromatic heterocycles. The molecule has 0 aliphatic rings. The number of hydrogen-bond donors (Lipinski definition) is 2. The van der Waals surface area contributed by atoms with E-state index in [1.165, 1.54) is 0 Å². The van der Waals surface area contributed by atoms with Gasteiger partial charge in [-0.25, -0.2) is 0 Å². The van der Waals surface area contributed by atoms with Crippen LogP contribution in [0.15, 0.2) is 11.8 Å². The van der Waals surface area contributed by atoms with Gasteiger partial charge in [0, 0.05) is 6.42 Å². The monoisotopic (exact) mass is 146 g/mol. The summed E-state index contributed by atoms with van der Waals surface area (Å²) >= 11 is 4.05. The van der Waals surface area contributed by atoms with E-state index in [1.807, 2.05) is 6.92 Å². The summed E-state index contributed by atoms with van der Waals surface area (Å²) in [4.78, 5) is 0. The molecule has 0 aliphatic carbocycles. The maximum Gasteiger partial charge on any atom is 0.0880 e. The summed E-state index contributed by atoms with van der Waals surface area (Å²) in [7, 11) is 0. The number of thiol groups is 1. The number of aliphatic hydroxyl groups is 1. The van der Waals surface area contributed by atoms with Crippen LogP contribution in [-0.2, 0) is 0 Å². The molecular formula is C7H14OS. The van der Waals surface area contributed by atoms with E-state index in [9.17, 15) is 0 Å². The zero-order valence-electron chi connectivity index (χ0n) is 5.80. The number of rotatable bonds is 4. The quantitative estimate of drug-likeness (QED) is 0.355. The van der Waals surface area contributed by atoms with Crippen LogP contribution in [0.25, 0.3) is 0 Å². The molecule has 0 fully saturated rings. The Balaban J connectivity index is 3.07. The van der Waals surface area contributed by atoms with E-state index in [-0.39, 0.29) is 0 Å². The van der Waals surface area contributed by atoms with Crippen molar-refractivity contribution in [3.63, 3.8) is 0 Å². The SMILES string of the molecule is CC=C(O)CCCCS. The van der Waals surface area contributed by atoms with E-state index < -0.39 is 0 Å². The Bertz CT molecular complexity index is 88.9. The fraction of sp³-hybridized carbons (Fsp3) is 0.714. The Morgan fingerprint density at radius 1 is 1.56 bits per heavy atom. The van der Waals surface area contributed by atoms with Crippen LogP contribution in [0.2, 0.25) is 0 Å². The summed E-state index contributed by atoms with van der Waals surface area (Å²) in [5.41, 5.74) is 0. The summed E-state index contributed by atoms with van der Waals surface area (Å²) in [6.07, 6.45) is 4.66. The second-order valence-electron chi connectivity index (χ2n) is 1.96. The van der Waals surface area contributed by atoms with E-state index in [0.717, 1.165) is 25.0 Å². The lowest BCUT2D eigenvalue weighted by Gasteiger charge is -1.95. The Hall–Kier alpha value is -0.110. The molecule has 0 heterocycles. The molecule has 0 atom stereocenters. The van der Waals surface area contributed by atoms with Crippen molar-refractivity contribution >= 4 is 12.6 Å². The smallest absolute Gasteiger partial charge is 0.0880 e. The first kappa shape index (κ1) is 8.89. The first-order valence-electron chi connectivity index (χ1n) is 3.26. The largest absolute Gasteiger partial charge is 0.513 e. The highest BCUT2D eigenvalue weighted by Crippen LogP contribution is 2.03. The predicted octanol–water partition coefficient (Wildman–Crippen LogP) is 2.55. The van der Waals surface area contributed by atoms with Crippen LogP contribution in [0.3, 0.4) is 0 Å². The normalized spacial score (nSPS) is 12.0. The van der Waals surface area contributed by atoms with Crippen LogP contribution < -0.4 is 0 Å². The third kappa shape index (κ3) is 5.77. The second kappa shape index (κ2) is 6.02. The minimum atomic E-state index is 0.497. The van der Waals surface area contributed by atoms with Crippen LogP contribution in [0.4, 0.5) is 0 Å². The van der Waals surface area contributed by atoms with Crippen molar-refractivity contribution in [1.29, 1.82) is 0 Å². The molecule has 1 nitrogen and oxygen atoms in total. The van der Waals surface area contributed by atoms with Crippen LogP contribution in [-0.4, -0.2) is 10.9 Å². The summed E-state index contributed by atoms with van der Waals surface area (Å²) in [5.74, 6) is 1.41. The Kier molecular flexibility index (Phi) is 5.94. The van der Waals surface area contributed by atoms with Gasteiger partial charge < -0.3 is 5.11 Å². The van der Waals surface area contributed by atoms with Crippen molar-refractivity contribution in [2.75, 3.05) is 5.75 Å². The van der Waals surface area contributed by atoms with E-state index >= 15 is 0 Å². The maximum atomic E-state index is 8.92. The third-order valence-electron chi connectivity index (χ3n) is 1.17. The van der Waals surface area contributed by atoms with Gasteiger partial charge in [0.2, 0.25) is 0 Å². The molecule has 1 N–H and O–H groups in total. The van der Waals surface area contributed by atoms with E-state index in [4.69, 9.17) is 5.11 Å². The molecule has 2 heteroatoms. The highest BCUT2D eigenvalue weighted by atomic mass is 32.1. The van der Waals surface area contributed by atoms with Gasteiger partial charge in [-0.05, 0) is 31.6 Å². The predicted molar refractivity (Wildman–Crippen MR) is 44.1 cm³/mol. The highest BCUT2D eigenvalue weighted by molar-refractivity contribution is 7.80. The standard InChI is InChI=1S/C7H14OS/c1-2-7(8)5-3-4-6-9/h2,8-9H,3-6H2,1H3. The molecule has 0 saturated carbocycles. The average molecular weight is 146 g/mol. The van der Waals surface area contributed by atoms with Gasteiger partial charge in [-0.2, -0.15) is 12.6 Å². The fourth-order valence-electron chi connectivity index (χ4n) is 0.562. The van der Waals surface area contributed by atoms with Crippen molar-refractivity contribution in [3.05, 3.63) is 11.8 Å². The molecule has 0 saturated heterocycles. The second-order valence-corrected chi connectivity index (χ2v) is 2.41. The van der Waals surface area contributed by atoms with Gasteiger partial charge in [-0.15, -0.1) is 0 Å². The number of unbranched alkanes of at least 4 members (excludes halogenated alkanes) is 1. The van der Waals surface area contributed by atoms with Gasteiger partial charge in [0.1, 0.15) is 0 Å². The lowest BCUT2D eigenvalue weighted by atomic mass is 10.2. The molecule has 9 heavy (non-hydrogen) atoms. The summed E-state index contributed by atoms with van der Waals surface area (Å²) in [6, 6.07) is 0. The Morgan fingerprint density at radius 2 is 2.22 bits per heavy atom. The first-order chi connectivity index (χ1) is 4.31. The number of allylic oxidation sites excluding steroid dienone is 2. The van der Waals surface area contributed by atoms with E-state index in [2.05, 4.69) is 12.6 Å². The molecule has 0 aromatic carbocycles. The zero-order valence-corrected chi connectivity index (χ0v) is 6.69. The summed E-state index contributed by atoms with van der Waals surface area (Å²) < 4.78 is 0. The molecule has 0 amide bonds. The molecule has 0 aliphatic heterocycles. The zero-order chi connectivity index (χ0) is 7.11. The molecule has 0 unspecified atom stereocenters.